The fourth-order valence-corrected chi connectivity index (χ4v) is 1.94. The Balaban J connectivity index is 2.24. The molecule has 0 unspecified atom stereocenters. The topological polar surface area (TPSA) is 81.2 Å². The number of nitro benzene ring substituents is 1. The van der Waals surface area contributed by atoms with E-state index < -0.39 is 4.92 Å². The number of aromatic nitrogens is 2. The Kier molecular flexibility index (Phi) is 2.42. The third-order valence-electron chi connectivity index (χ3n) is 2.86. The summed E-state index contributed by atoms with van der Waals surface area (Å²) in [4.78, 5) is 14.5. The molecule has 19 heavy (non-hydrogen) atoms. The van der Waals surface area contributed by atoms with Gasteiger partial charge in [-0.1, -0.05) is 30.3 Å². The number of hydrogen-bond acceptors (Lipinski definition) is 4. The van der Waals surface area contributed by atoms with Crippen molar-refractivity contribution in [2.45, 2.75) is 0 Å². The highest BCUT2D eigenvalue weighted by Gasteiger charge is 2.15. The van der Waals surface area contributed by atoms with E-state index in [0.717, 1.165) is 10.3 Å². The summed E-state index contributed by atoms with van der Waals surface area (Å²) in [5, 5.41) is 20.8. The second-order valence-electron chi connectivity index (χ2n) is 4.04. The van der Waals surface area contributed by atoms with E-state index in [1.54, 1.807) is 0 Å². The van der Waals surface area contributed by atoms with Gasteiger partial charge in [0.05, 0.1) is 10.4 Å². The maximum Gasteiger partial charge on any atom is 0.271 e. The monoisotopic (exact) mass is 255 g/mol. The van der Waals surface area contributed by atoms with Crippen LogP contribution in [0.4, 0.5) is 5.69 Å². The number of nitro groups is 1. The van der Waals surface area contributed by atoms with Gasteiger partial charge in [-0.2, -0.15) is 4.73 Å². The quantitative estimate of drug-likeness (QED) is 0.433. The third kappa shape index (κ3) is 1.79. The Morgan fingerprint density at radius 2 is 1.89 bits per heavy atom. The van der Waals surface area contributed by atoms with E-state index in [0.29, 0.717) is 16.9 Å². The number of imidazole rings is 1. The third-order valence-corrected chi connectivity index (χ3v) is 2.86. The van der Waals surface area contributed by atoms with Crippen molar-refractivity contribution in [2.75, 3.05) is 0 Å². The summed E-state index contributed by atoms with van der Waals surface area (Å²) in [6.07, 6.45) is 0. The number of fused-ring (bicyclic) bond motifs is 1. The molecule has 0 aliphatic carbocycles. The first-order valence-electron chi connectivity index (χ1n) is 5.58. The molecule has 6 heteroatoms. The van der Waals surface area contributed by atoms with E-state index in [1.165, 1.54) is 18.2 Å². The van der Waals surface area contributed by atoms with Gasteiger partial charge in [0.15, 0.2) is 5.82 Å². The number of non-ortho nitro benzene ring substituents is 1. The van der Waals surface area contributed by atoms with Crippen LogP contribution in [0.3, 0.4) is 0 Å². The summed E-state index contributed by atoms with van der Waals surface area (Å²) in [5.41, 5.74) is 1.48. The Labute approximate surface area is 107 Å². The number of nitrogens with zero attached hydrogens (tertiary/aromatic N) is 3. The lowest BCUT2D eigenvalue weighted by molar-refractivity contribution is -0.384. The van der Waals surface area contributed by atoms with Crippen molar-refractivity contribution in [3.05, 3.63) is 58.6 Å². The van der Waals surface area contributed by atoms with Crippen LogP contribution >= 0.6 is 0 Å². The summed E-state index contributed by atoms with van der Waals surface area (Å²) in [5.74, 6) is 0.357. The molecule has 94 valence electrons. The Morgan fingerprint density at radius 3 is 2.58 bits per heavy atom. The highest BCUT2D eigenvalue weighted by atomic mass is 16.6. The number of rotatable bonds is 2. The molecule has 0 saturated carbocycles. The molecule has 0 aliphatic heterocycles. The lowest BCUT2D eigenvalue weighted by Crippen LogP contribution is -1.94. The van der Waals surface area contributed by atoms with Crippen LogP contribution in [0.2, 0.25) is 0 Å². The average molecular weight is 255 g/mol. The van der Waals surface area contributed by atoms with Crippen molar-refractivity contribution in [2.24, 2.45) is 0 Å². The van der Waals surface area contributed by atoms with Crippen LogP contribution in [0.1, 0.15) is 0 Å². The van der Waals surface area contributed by atoms with E-state index in [9.17, 15) is 15.3 Å². The van der Waals surface area contributed by atoms with Crippen LogP contribution in [-0.4, -0.2) is 19.8 Å². The van der Waals surface area contributed by atoms with E-state index in [4.69, 9.17) is 0 Å². The van der Waals surface area contributed by atoms with Crippen LogP contribution in [-0.2, 0) is 0 Å². The summed E-state index contributed by atoms with van der Waals surface area (Å²) < 4.78 is 0.873. The summed E-state index contributed by atoms with van der Waals surface area (Å²) in [6.45, 7) is 0. The van der Waals surface area contributed by atoms with Gasteiger partial charge in [-0.15, -0.1) is 0 Å². The molecule has 0 bridgehead atoms. The molecule has 1 N–H and O–H groups in total. The molecule has 2 aromatic carbocycles. The van der Waals surface area contributed by atoms with Gasteiger partial charge in [-0.25, -0.2) is 4.98 Å². The molecular formula is C13H9N3O3. The van der Waals surface area contributed by atoms with E-state index >= 15 is 0 Å². The van der Waals surface area contributed by atoms with Crippen molar-refractivity contribution in [3.8, 4) is 11.4 Å². The zero-order valence-electron chi connectivity index (χ0n) is 9.72. The SMILES string of the molecule is O=[N+]([O-])c1ccc2nc(-c3ccccc3)n(O)c2c1. The smallest absolute Gasteiger partial charge is 0.271 e. The summed E-state index contributed by atoms with van der Waals surface area (Å²) in [7, 11) is 0. The molecule has 0 radical (unpaired) electrons. The normalized spacial score (nSPS) is 10.7. The minimum Gasteiger partial charge on any atom is -0.426 e. The van der Waals surface area contributed by atoms with Crippen LogP contribution in [0.5, 0.6) is 0 Å². The van der Waals surface area contributed by atoms with Gasteiger partial charge in [0.25, 0.3) is 5.69 Å². The minimum absolute atomic E-state index is 0.0812. The number of hydrogen-bond donors (Lipinski definition) is 1. The predicted octanol–water partition coefficient (Wildman–Crippen LogP) is 2.85. The summed E-state index contributed by atoms with van der Waals surface area (Å²) >= 11 is 0. The van der Waals surface area contributed by atoms with Crippen molar-refractivity contribution < 1.29 is 10.1 Å². The van der Waals surface area contributed by atoms with Gasteiger partial charge in [0, 0.05) is 17.7 Å². The fraction of sp³-hybridized carbons (Fsp3) is 0. The Bertz CT molecular complexity index is 765. The maximum absolute atomic E-state index is 10.7. The molecule has 1 heterocycles. The standard InChI is InChI=1S/C13H9N3O3/c17-15-12-8-10(16(18)19)6-7-11(12)14-13(15)9-4-2-1-3-5-9/h1-8,17H. The zero-order chi connectivity index (χ0) is 13.4. The van der Waals surface area contributed by atoms with Gasteiger partial charge in [0.2, 0.25) is 0 Å². The van der Waals surface area contributed by atoms with Crippen LogP contribution in [0.25, 0.3) is 22.4 Å². The zero-order valence-corrected chi connectivity index (χ0v) is 9.72. The van der Waals surface area contributed by atoms with Crippen molar-refractivity contribution in [1.82, 2.24) is 9.71 Å². The Morgan fingerprint density at radius 1 is 1.16 bits per heavy atom. The average Bonchev–Trinajstić information content (AvgIpc) is 2.77. The molecule has 0 amide bonds. The molecule has 0 atom stereocenters. The molecule has 3 aromatic rings. The van der Waals surface area contributed by atoms with Gasteiger partial charge in [-0.05, 0) is 6.07 Å². The minimum atomic E-state index is -0.505. The highest BCUT2D eigenvalue weighted by molar-refractivity contribution is 5.82. The van der Waals surface area contributed by atoms with E-state index in [1.807, 2.05) is 30.3 Å². The second kappa shape index (κ2) is 4.09. The molecular weight excluding hydrogens is 246 g/mol. The van der Waals surface area contributed by atoms with Crippen LogP contribution < -0.4 is 0 Å². The van der Waals surface area contributed by atoms with E-state index in [-0.39, 0.29) is 5.69 Å². The van der Waals surface area contributed by atoms with Gasteiger partial charge in [0.1, 0.15) is 5.52 Å². The summed E-state index contributed by atoms with van der Waals surface area (Å²) in [6, 6.07) is 13.3. The van der Waals surface area contributed by atoms with Crippen molar-refractivity contribution >= 4 is 16.7 Å². The largest absolute Gasteiger partial charge is 0.426 e. The second-order valence-corrected chi connectivity index (χ2v) is 4.04. The van der Waals surface area contributed by atoms with Crippen molar-refractivity contribution in [3.63, 3.8) is 0 Å². The molecule has 0 saturated heterocycles. The molecule has 0 fully saturated rings. The van der Waals surface area contributed by atoms with Gasteiger partial charge < -0.3 is 5.21 Å². The van der Waals surface area contributed by atoms with Crippen molar-refractivity contribution in [1.29, 1.82) is 0 Å². The van der Waals surface area contributed by atoms with E-state index in [2.05, 4.69) is 4.98 Å². The van der Waals surface area contributed by atoms with Gasteiger partial charge >= 0.3 is 0 Å². The molecule has 6 nitrogen and oxygen atoms in total. The fourth-order valence-electron chi connectivity index (χ4n) is 1.94. The molecule has 3 rings (SSSR count). The first-order chi connectivity index (χ1) is 9.16. The first kappa shape index (κ1) is 11.2. The molecule has 0 aliphatic rings. The first-order valence-corrected chi connectivity index (χ1v) is 5.58. The molecule has 1 aromatic heterocycles. The highest BCUT2D eigenvalue weighted by Crippen LogP contribution is 2.25. The number of benzene rings is 2. The van der Waals surface area contributed by atoms with Crippen LogP contribution in [0.15, 0.2) is 48.5 Å². The molecule has 0 spiro atoms. The maximum atomic E-state index is 10.7. The predicted molar refractivity (Wildman–Crippen MR) is 69.0 cm³/mol. The van der Waals surface area contributed by atoms with Crippen LogP contribution in [0, 0.1) is 10.1 Å². The Hall–Kier alpha value is -2.89. The van der Waals surface area contributed by atoms with Gasteiger partial charge in [-0.3, -0.25) is 10.1 Å². The lowest BCUT2D eigenvalue weighted by atomic mass is 10.2. The lowest BCUT2D eigenvalue weighted by Gasteiger charge is -2.00.